The van der Waals surface area contributed by atoms with E-state index in [1.165, 1.54) is 6.42 Å². The molecule has 0 rings (SSSR count). The van der Waals surface area contributed by atoms with E-state index in [4.69, 9.17) is 0 Å². The fourth-order valence-electron chi connectivity index (χ4n) is 0.225. The highest BCUT2D eigenvalue weighted by molar-refractivity contribution is 7.24. The Balaban J connectivity index is 2.83. The van der Waals surface area contributed by atoms with Gasteiger partial charge in [0.25, 0.3) is 0 Å². The lowest BCUT2D eigenvalue weighted by atomic mass is 10.4. The van der Waals surface area contributed by atoms with Crippen LogP contribution < -0.4 is 0 Å². The monoisotopic (exact) mass is 141 g/mol. The molecule has 0 aromatic rings. The van der Waals surface area contributed by atoms with Crippen molar-refractivity contribution < 1.29 is 0 Å². The Hall–Kier alpha value is 0.651. The summed E-state index contributed by atoms with van der Waals surface area (Å²) in [5.74, 6) is 0. The van der Waals surface area contributed by atoms with Crippen molar-refractivity contribution in [3.05, 3.63) is 0 Å². The Morgan fingerprint density at radius 3 is 2.43 bits per heavy atom. The van der Waals surface area contributed by atoms with Gasteiger partial charge in [-0.15, -0.1) is 0 Å². The van der Waals surface area contributed by atoms with Gasteiger partial charge in [0, 0.05) is 27.4 Å². The van der Waals surface area contributed by atoms with Gasteiger partial charge in [0.05, 0.1) is 0 Å². The van der Waals surface area contributed by atoms with Gasteiger partial charge in [-0.3, -0.25) is 0 Å². The molecule has 1 atom stereocenters. The first-order chi connectivity index (χ1) is 3.31. The van der Waals surface area contributed by atoms with Crippen LogP contribution in [0.2, 0.25) is 5.54 Å². The Kier molecular flexibility index (Phi) is 5.25. The van der Waals surface area contributed by atoms with Gasteiger partial charge in [-0.1, -0.05) is 25.8 Å². The van der Waals surface area contributed by atoms with Crippen molar-refractivity contribution in [2.45, 2.75) is 25.8 Å². The van der Waals surface area contributed by atoms with Gasteiger partial charge in [0.1, 0.15) is 0 Å². The van der Waals surface area contributed by atoms with Crippen LogP contribution >= 0.6 is 0 Å². The zero-order valence-corrected chi connectivity index (χ0v) is 7.78. The van der Waals surface area contributed by atoms with Crippen LogP contribution in [0.25, 0.3) is 0 Å². The molecule has 0 amide bonds. The maximum atomic E-state index is 3.47. The highest BCUT2D eigenvalue weighted by atomic mass is 29.5. The number of hydrogen-bond donors (Lipinski definition) is 0. The molecule has 0 aliphatic carbocycles. The summed E-state index contributed by atoms with van der Waals surface area (Å²) in [5, 5.41) is 0. The molecular weight excluding hydrogens is 132 g/mol. The molecular formula is C4H9Si3. The van der Waals surface area contributed by atoms with Crippen LogP contribution in [0, 0.1) is 0 Å². The predicted molar refractivity (Wildman–Crippen MR) is 37.0 cm³/mol. The minimum Gasteiger partial charge on any atom is -0.0656 e. The summed E-state index contributed by atoms with van der Waals surface area (Å²) in [7, 11) is 5.58. The third kappa shape index (κ3) is 4.50. The van der Waals surface area contributed by atoms with E-state index in [2.05, 4.69) is 23.6 Å². The topological polar surface area (TPSA) is 0 Å². The molecule has 0 nitrogen and oxygen atoms in total. The Bertz CT molecular complexity index is 37.9. The Labute approximate surface area is 53.7 Å². The van der Waals surface area contributed by atoms with E-state index in [1.54, 1.807) is 0 Å². The van der Waals surface area contributed by atoms with E-state index in [0.29, 0.717) is 0 Å². The van der Waals surface area contributed by atoms with Crippen molar-refractivity contribution in [2.75, 3.05) is 0 Å². The quantitative estimate of drug-likeness (QED) is 0.505. The highest BCUT2D eigenvalue weighted by Crippen LogP contribution is 2.02. The molecule has 0 saturated heterocycles. The lowest BCUT2D eigenvalue weighted by molar-refractivity contribution is 0.877. The van der Waals surface area contributed by atoms with E-state index in [0.717, 1.165) is 23.1 Å². The zero-order valence-electron chi connectivity index (χ0n) is 4.78. The summed E-state index contributed by atoms with van der Waals surface area (Å²) in [5.41, 5.74) is 0.941. The Morgan fingerprint density at radius 2 is 2.29 bits per heavy atom. The first-order valence-corrected chi connectivity index (χ1v) is 7.06. The third-order valence-electron chi connectivity index (χ3n) is 0.931. The number of rotatable bonds is 3. The summed E-state index contributed by atoms with van der Waals surface area (Å²) in [4.78, 5) is 0. The molecule has 0 aromatic heterocycles. The van der Waals surface area contributed by atoms with Crippen LogP contribution in [0.15, 0.2) is 0 Å². The van der Waals surface area contributed by atoms with Crippen molar-refractivity contribution in [1.29, 1.82) is 0 Å². The summed E-state index contributed by atoms with van der Waals surface area (Å²) in [6.07, 6.45) is 1.33. The maximum Gasteiger partial charge on any atom is 0.0217 e. The van der Waals surface area contributed by atoms with Crippen LogP contribution in [-0.2, 0) is 0 Å². The molecule has 7 radical (unpaired) electrons. The van der Waals surface area contributed by atoms with Gasteiger partial charge in [-0.2, -0.15) is 0 Å². The van der Waals surface area contributed by atoms with Crippen molar-refractivity contribution in [1.82, 2.24) is 0 Å². The number of hydrogen-bond acceptors (Lipinski definition) is 0. The second-order valence-electron chi connectivity index (χ2n) is 1.58. The lowest BCUT2D eigenvalue weighted by Crippen LogP contribution is -2.07. The van der Waals surface area contributed by atoms with E-state index in [-0.39, 0.29) is 0 Å². The molecule has 0 heterocycles. The van der Waals surface area contributed by atoms with Gasteiger partial charge >= 0.3 is 0 Å². The van der Waals surface area contributed by atoms with Crippen LogP contribution in [-0.4, -0.2) is 27.4 Å². The summed E-state index contributed by atoms with van der Waals surface area (Å²) < 4.78 is 0. The van der Waals surface area contributed by atoms with Gasteiger partial charge in [0.2, 0.25) is 0 Å². The van der Waals surface area contributed by atoms with Gasteiger partial charge in [-0.05, 0) is 0 Å². The molecule has 0 spiro atoms. The second-order valence-corrected chi connectivity index (χ2v) is 6.97. The predicted octanol–water partition coefficient (Wildman–Crippen LogP) is 0.612. The molecule has 37 valence electrons. The minimum absolute atomic E-state index is 0.941. The molecule has 0 bridgehead atoms. The van der Waals surface area contributed by atoms with Crippen molar-refractivity contribution >= 4 is 27.4 Å². The average Bonchev–Trinajstić information content (AvgIpc) is 1.68. The van der Waals surface area contributed by atoms with Gasteiger partial charge in [0.15, 0.2) is 0 Å². The second kappa shape index (κ2) is 4.80. The molecule has 0 aliphatic heterocycles. The lowest BCUT2D eigenvalue weighted by Gasteiger charge is -2.00. The summed E-state index contributed by atoms with van der Waals surface area (Å²) in [6, 6.07) is 0. The molecule has 0 N–H and O–H groups in total. The van der Waals surface area contributed by atoms with Crippen molar-refractivity contribution in [3.63, 3.8) is 0 Å². The summed E-state index contributed by atoms with van der Waals surface area (Å²) >= 11 is 0. The standard InChI is InChI=1S/C4H9Si3/c1-3-4(2)6-7-5/h4H,3H2,1-2H3. The normalized spacial score (nSPS) is 14.1. The maximum absolute atomic E-state index is 3.47. The van der Waals surface area contributed by atoms with Crippen molar-refractivity contribution in [2.24, 2.45) is 0 Å². The molecule has 0 aliphatic rings. The molecule has 7 heavy (non-hydrogen) atoms. The fraction of sp³-hybridized carbons (Fsp3) is 1.00. The smallest absolute Gasteiger partial charge is 0.0217 e. The van der Waals surface area contributed by atoms with E-state index in [9.17, 15) is 0 Å². The largest absolute Gasteiger partial charge is 0.0656 e. The molecule has 0 fully saturated rings. The molecule has 0 saturated carbocycles. The van der Waals surface area contributed by atoms with Crippen LogP contribution in [0.5, 0.6) is 0 Å². The molecule has 3 heteroatoms. The SMILES string of the molecule is CCC(C)[Si][Si][Si]. The summed E-state index contributed by atoms with van der Waals surface area (Å²) in [6.45, 7) is 4.54. The first-order valence-electron chi connectivity index (χ1n) is 2.48. The minimum atomic E-state index is 0.941. The van der Waals surface area contributed by atoms with Crippen LogP contribution in [0.3, 0.4) is 0 Å². The first kappa shape index (κ1) is 7.65. The van der Waals surface area contributed by atoms with E-state index in [1.807, 2.05) is 0 Å². The fourth-order valence-corrected chi connectivity index (χ4v) is 4.24. The van der Waals surface area contributed by atoms with Gasteiger partial charge in [-0.25, -0.2) is 0 Å². The van der Waals surface area contributed by atoms with E-state index >= 15 is 0 Å². The Morgan fingerprint density at radius 1 is 1.71 bits per heavy atom. The van der Waals surface area contributed by atoms with Crippen LogP contribution in [0.4, 0.5) is 0 Å². The van der Waals surface area contributed by atoms with Crippen molar-refractivity contribution in [3.8, 4) is 0 Å². The average molecular weight is 141 g/mol. The zero-order chi connectivity index (χ0) is 5.70. The third-order valence-corrected chi connectivity index (χ3v) is 5.19. The highest BCUT2D eigenvalue weighted by Gasteiger charge is 1.94. The molecule has 1 unspecified atom stereocenters. The molecule has 0 aromatic carbocycles. The van der Waals surface area contributed by atoms with Crippen LogP contribution in [0.1, 0.15) is 20.3 Å². The van der Waals surface area contributed by atoms with E-state index < -0.39 is 0 Å². The van der Waals surface area contributed by atoms with Gasteiger partial charge < -0.3 is 0 Å².